The fourth-order valence-electron chi connectivity index (χ4n) is 2.82. The van der Waals surface area contributed by atoms with Gasteiger partial charge in [0.05, 0.1) is 5.70 Å². The van der Waals surface area contributed by atoms with E-state index in [4.69, 9.17) is 5.73 Å². The van der Waals surface area contributed by atoms with E-state index in [1.807, 2.05) is 6.92 Å². The molecule has 0 amide bonds. The van der Waals surface area contributed by atoms with Crippen molar-refractivity contribution < 1.29 is 4.79 Å². The molecule has 1 aromatic rings. The fourth-order valence-corrected chi connectivity index (χ4v) is 2.82. The zero-order chi connectivity index (χ0) is 18.3. The molecule has 0 aliphatic heterocycles. The largest absolute Gasteiger partial charge is 0.396 e. The van der Waals surface area contributed by atoms with Gasteiger partial charge >= 0.3 is 0 Å². The van der Waals surface area contributed by atoms with E-state index >= 15 is 0 Å². The predicted molar refractivity (Wildman–Crippen MR) is 104 cm³/mol. The summed E-state index contributed by atoms with van der Waals surface area (Å²) in [5.74, 6) is 0.423. The average Bonchev–Trinajstić information content (AvgIpc) is 2.54. The van der Waals surface area contributed by atoms with Gasteiger partial charge in [-0.25, -0.2) is 0 Å². The van der Waals surface area contributed by atoms with Gasteiger partial charge in [0.15, 0.2) is 5.78 Å². The van der Waals surface area contributed by atoms with Crippen molar-refractivity contribution in [3.63, 3.8) is 0 Å². The summed E-state index contributed by atoms with van der Waals surface area (Å²) in [6, 6.07) is 6.56. The van der Waals surface area contributed by atoms with Gasteiger partial charge in [0.1, 0.15) is 0 Å². The molecular weight excluding hydrogens is 294 g/mol. The van der Waals surface area contributed by atoms with Gasteiger partial charge in [-0.05, 0) is 61.3 Å². The molecule has 130 valence electrons. The van der Waals surface area contributed by atoms with Gasteiger partial charge in [-0.3, -0.25) is 4.79 Å². The van der Waals surface area contributed by atoms with Crippen LogP contribution in [0.4, 0.5) is 0 Å². The highest BCUT2D eigenvalue weighted by Crippen LogP contribution is 2.22. The standard InChI is InChI=1S/C22H31NO/c1-7-9-19(22(24)21(23)16(5)8-2)14-20-13-18(12-15(3)4)11-10-17(20)6/h7-8,10-11,13,15,19H,1-2,9,12,14,23H2,3-6H3/b21-16+. The number of ketones is 1. The molecule has 2 nitrogen and oxygen atoms in total. The van der Waals surface area contributed by atoms with Crippen LogP contribution in [0, 0.1) is 18.8 Å². The van der Waals surface area contributed by atoms with E-state index in [1.54, 1.807) is 12.2 Å². The molecule has 1 unspecified atom stereocenters. The van der Waals surface area contributed by atoms with Crippen LogP contribution in [-0.4, -0.2) is 5.78 Å². The van der Waals surface area contributed by atoms with Crippen molar-refractivity contribution in [2.45, 2.75) is 47.0 Å². The van der Waals surface area contributed by atoms with Gasteiger partial charge < -0.3 is 5.73 Å². The Morgan fingerprint density at radius 2 is 1.92 bits per heavy atom. The quantitative estimate of drug-likeness (QED) is 0.398. The van der Waals surface area contributed by atoms with Crippen LogP contribution >= 0.6 is 0 Å². The number of nitrogens with two attached hydrogens (primary N) is 1. The molecule has 0 saturated heterocycles. The second kappa shape index (κ2) is 9.27. The number of hydrogen-bond donors (Lipinski definition) is 1. The highest BCUT2D eigenvalue weighted by atomic mass is 16.1. The summed E-state index contributed by atoms with van der Waals surface area (Å²) >= 11 is 0. The van der Waals surface area contributed by atoms with Crippen molar-refractivity contribution in [3.05, 3.63) is 71.5 Å². The zero-order valence-corrected chi connectivity index (χ0v) is 15.6. The molecule has 0 aromatic heterocycles. The van der Waals surface area contributed by atoms with Gasteiger partial charge in [-0.1, -0.05) is 50.8 Å². The van der Waals surface area contributed by atoms with Crippen molar-refractivity contribution in [1.82, 2.24) is 0 Å². The normalized spacial score (nSPS) is 13.4. The molecule has 24 heavy (non-hydrogen) atoms. The van der Waals surface area contributed by atoms with E-state index in [0.717, 1.165) is 12.0 Å². The van der Waals surface area contributed by atoms with Crippen molar-refractivity contribution in [1.29, 1.82) is 0 Å². The minimum absolute atomic E-state index is 0.0130. The van der Waals surface area contributed by atoms with Crippen LogP contribution in [0.15, 0.2) is 54.8 Å². The van der Waals surface area contributed by atoms with Gasteiger partial charge in [0.2, 0.25) is 0 Å². The second-order valence-electron chi connectivity index (χ2n) is 6.95. The Kier molecular flexibility index (Phi) is 7.70. The molecule has 2 N–H and O–H groups in total. The molecule has 0 fully saturated rings. The van der Waals surface area contributed by atoms with E-state index in [2.05, 4.69) is 52.1 Å². The lowest BCUT2D eigenvalue weighted by molar-refractivity contribution is -0.119. The van der Waals surface area contributed by atoms with E-state index in [0.29, 0.717) is 24.5 Å². The maximum Gasteiger partial charge on any atom is 0.182 e. The minimum atomic E-state index is -0.176. The van der Waals surface area contributed by atoms with E-state index < -0.39 is 0 Å². The fraction of sp³-hybridized carbons (Fsp3) is 0.409. The van der Waals surface area contributed by atoms with Crippen LogP contribution in [-0.2, 0) is 17.6 Å². The van der Waals surface area contributed by atoms with Crippen LogP contribution < -0.4 is 5.73 Å². The first-order valence-corrected chi connectivity index (χ1v) is 8.62. The van der Waals surface area contributed by atoms with Crippen molar-refractivity contribution >= 4 is 5.78 Å². The molecule has 0 radical (unpaired) electrons. The van der Waals surface area contributed by atoms with E-state index in [9.17, 15) is 4.79 Å². The number of rotatable bonds is 9. The number of aryl methyl sites for hydroxylation is 1. The first kappa shape index (κ1) is 20.0. The summed E-state index contributed by atoms with van der Waals surface area (Å²) in [4.78, 5) is 12.7. The summed E-state index contributed by atoms with van der Waals surface area (Å²) < 4.78 is 0. The monoisotopic (exact) mass is 325 g/mol. The minimum Gasteiger partial charge on any atom is -0.396 e. The maximum atomic E-state index is 12.7. The van der Waals surface area contributed by atoms with Crippen LogP contribution in [0.1, 0.15) is 43.9 Å². The van der Waals surface area contributed by atoms with Crippen LogP contribution in [0.25, 0.3) is 0 Å². The Balaban J connectivity index is 3.10. The third kappa shape index (κ3) is 5.52. The highest BCUT2D eigenvalue weighted by molar-refractivity contribution is 5.97. The highest BCUT2D eigenvalue weighted by Gasteiger charge is 2.21. The molecule has 0 heterocycles. The number of carbonyl (C=O) groups excluding carboxylic acids is 1. The number of benzene rings is 1. The van der Waals surface area contributed by atoms with Gasteiger partial charge in [-0.2, -0.15) is 0 Å². The summed E-state index contributed by atoms with van der Waals surface area (Å²) in [7, 11) is 0. The van der Waals surface area contributed by atoms with E-state index in [1.165, 1.54) is 16.7 Å². The Labute approximate surface area is 147 Å². The Hall–Kier alpha value is -2.09. The number of Topliss-reactive ketones (excluding diaryl/α,β-unsaturated/α-hetero) is 1. The second-order valence-corrected chi connectivity index (χ2v) is 6.95. The van der Waals surface area contributed by atoms with E-state index in [-0.39, 0.29) is 11.7 Å². The summed E-state index contributed by atoms with van der Waals surface area (Å²) in [5.41, 5.74) is 10.8. The third-order valence-electron chi connectivity index (χ3n) is 4.34. The van der Waals surface area contributed by atoms with Gasteiger partial charge in [0.25, 0.3) is 0 Å². The molecular formula is C22H31NO. The van der Waals surface area contributed by atoms with Crippen LogP contribution in [0.2, 0.25) is 0 Å². The van der Waals surface area contributed by atoms with Crippen molar-refractivity contribution in [3.8, 4) is 0 Å². The Bertz CT molecular complexity index is 637. The first-order valence-electron chi connectivity index (χ1n) is 8.62. The molecule has 0 aliphatic carbocycles. The Morgan fingerprint density at radius 3 is 2.46 bits per heavy atom. The molecule has 0 aliphatic rings. The number of carbonyl (C=O) groups is 1. The number of hydrogen-bond acceptors (Lipinski definition) is 2. The maximum absolute atomic E-state index is 12.7. The SMILES string of the molecule is C=CCC(Cc1cc(CC(C)C)ccc1C)C(=O)/C(N)=C(/C)C=C. The molecule has 0 bridgehead atoms. The summed E-state index contributed by atoms with van der Waals surface area (Å²) in [6.45, 7) is 15.8. The zero-order valence-electron chi connectivity index (χ0n) is 15.6. The molecule has 0 spiro atoms. The lowest BCUT2D eigenvalue weighted by atomic mass is 9.87. The van der Waals surface area contributed by atoms with Crippen LogP contribution in [0.5, 0.6) is 0 Å². The van der Waals surface area contributed by atoms with Crippen molar-refractivity contribution in [2.75, 3.05) is 0 Å². The number of allylic oxidation sites excluding steroid dienone is 4. The lowest BCUT2D eigenvalue weighted by Crippen LogP contribution is -2.24. The van der Waals surface area contributed by atoms with Crippen molar-refractivity contribution in [2.24, 2.45) is 17.6 Å². The average molecular weight is 325 g/mol. The molecule has 2 heteroatoms. The first-order chi connectivity index (χ1) is 11.3. The molecule has 1 aromatic carbocycles. The molecule has 0 saturated carbocycles. The predicted octanol–water partition coefficient (Wildman–Crippen LogP) is 4.92. The third-order valence-corrected chi connectivity index (χ3v) is 4.34. The molecule has 1 atom stereocenters. The summed E-state index contributed by atoms with van der Waals surface area (Å²) in [6.07, 6.45) is 5.79. The Morgan fingerprint density at radius 1 is 1.25 bits per heavy atom. The lowest BCUT2D eigenvalue weighted by Gasteiger charge is -2.18. The van der Waals surface area contributed by atoms with Crippen LogP contribution in [0.3, 0.4) is 0 Å². The molecule has 1 rings (SSSR count). The summed E-state index contributed by atoms with van der Waals surface area (Å²) in [5, 5.41) is 0. The van der Waals surface area contributed by atoms with Gasteiger partial charge in [0, 0.05) is 5.92 Å². The smallest absolute Gasteiger partial charge is 0.182 e. The van der Waals surface area contributed by atoms with Gasteiger partial charge in [-0.15, -0.1) is 6.58 Å². The topological polar surface area (TPSA) is 43.1 Å².